The van der Waals surface area contributed by atoms with Crippen molar-refractivity contribution in [2.75, 3.05) is 5.32 Å². The molecule has 0 fully saturated rings. The first kappa shape index (κ1) is 14.9. The molecule has 0 aromatic carbocycles. The Hall–Kier alpha value is -2.02. The van der Waals surface area contributed by atoms with Crippen LogP contribution in [0.4, 0.5) is 5.13 Å². The van der Waals surface area contributed by atoms with Crippen LogP contribution in [0.3, 0.4) is 0 Å². The predicted molar refractivity (Wildman–Crippen MR) is 85.5 cm³/mol. The lowest BCUT2D eigenvalue weighted by Gasteiger charge is -2.14. The van der Waals surface area contributed by atoms with E-state index in [9.17, 15) is 9.59 Å². The van der Waals surface area contributed by atoms with Gasteiger partial charge < -0.3 is 5.32 Å². The van der Waals surface area contributed by atoms with Crippen LogP contribution in [0.15, 0.2) is 10.9 Å². The van der Waals surface area contributed by atoms with Crippen LogP contribution in [0.2, 0.25) is 0 Å². The maximum Gasteiger partial charge on any atom is 0.267 e. The first-order valence-corrected chi connectivity index (χ1v) is 8.14. The summed E-state index contributed by atoms with van der Waals surface area (Å²) >= 11 is 1.43. The van der Waals surface area contributed by atoms with Crippen molar-refractivity contribution in [2.45, 2.75) is 46.1 Å². The molecule has 1 aliphatic rings. The number of nitrogens with zero attached hydrogens (tertiary/aromatic N) is 3. The van der Waals surface area contributed by atoms with Crippen LogP contribution >= 0.6 is 11.3 Å². The van der Waals surface area contributed by atoms with Gasteiger partial charge in [-0.15, -0.1) is 11.3 Å². The number of hydrogen-bond acceptors (Lipinski definition) is 5. The number of carbonyl (C=O) groups excluding carboxylic acids is 1. The van der Waals surface area contributed by atoms with Gasteiger partial charge in [0.2, 0.25) is 0 Å². The fourth-order valence-corrected chi connectivity index (χ4v) is 3.36. The topological polar surface area (TPSA) is 76.9 Å². The van der Waals surface area contributed by atoms with Gasteiger partial charge in [-0.1, -0.05) is 0 Å². The molecule has 2 aromatic rings. The molecule has 1 atom stereocenters. The second-order valence-electron chi connectivity index (χ2n) is 5.58. The van der Waals surface area contributed by atoms with Crippen LogP contribution in [0, 0.1) is 13.8 Å². The molecule has 0 saturated heterocycles. The average Bonchev–Trinajstić information content (AvgIpc) is 3.03. The van der Waals surface area contributed by atoms with E-state index in [0.29, 0.717) is 5.13 Å². The van der Waals surface area contributed by atoms with Crippen LogP contribution < -0.4 is 10.9 Å². The maximum atomic E-state index is 12.3. The number of thiazole rings is 1. The van der Waals surface area contributed by atoms with Gasteiger partial charge >= 0.3 is 0 Å². The van der Waals surface area contributed by atoms with Crippen molar-refractivity contribution in [3.63, 3.8) is 0 Å². The van der Waals surface area contributed by atoms with E-state index in [1.165, 1.54) is 16.0 Å². The second-order valence-corrected chi connectivity index (χ2v) is 6.78. The summed E-state index contributed by atoms with van der Waals surface area (Å²) in [5, 5.41) is 7.69. The molecule has 3 rings (SSSR count). The van der Waals surface area contributed by atoms with E-state index in [1.54, 1.807) is 13.0 Å². The molecule has 1 unspecified atom stereocenters. The zero-order valence-electron chi connectivity index (χ0n) is 12.8. The van der Waals surface area contributed by atoms with Gasteiger partial charge in [0.25, 0.3) is 11.5 Å². The molecule has 6 nitrogen and oxygen atoms in total. The Balaban J connectivity index is 1.83. The Morgan fingerprint density at radius 3 is 2.86 bits per heavy atom. The number of aromatic nitrogens is 3. The molecule has 0 spiro atoms. The normalized spacial score (nSPS) is 14.7. The lowest BCUT2D eigenvalue weighted by Crippen LogP contribution is -2.33. The van der Waals surface area contributed by atoms with Crippen molar-refractivity contribution >= 4 is 22.4 Å². The van der Waals surface area contributed by atoms with E-state index in [2.05, 4.69) is 15.4 Å². The summed E-state index contributed by atoms with van der Waals surface area (Å²) in [5.74, 6) is -0.277. The molecular formula is C15H18N4O2S. The third-order valence-corrected chi connectivity index (χ3v) is 4.98. The fourth-order valence-electron chi connectivity index (χ4n) is 2.54. The van der Waals surface area contributed by atoms with Gasteiger partial charge in [-0.2, -0.15) is 5.10 Å². The highest BCUT2D eigenvalue weighted by molar-refractivity contribution is 7.15. The number of anilines is 1. The van der Waals surface area contributed by atoms with Gasteiger partial charge in [0, 0.05) is 10.9 Å². The molecule has 1 N–H and O–H groups in total. The summed E-state index contributed by atoms with van der Waals surface area (Å²) in [4.78, 5) is 29.8. The highest BCUT2D eigenvalue weighted by atomic mass is 32.1. The molecule has 116 valence electrons. The Kier molecular flexibility index (Phi) is 3.82. The van der Waals surface area contributed by atoms with Gasteiger partial charge in [-0.05, 0) is 45.6 Å². The molecule has 0 bridgehead atoms. The SMILES string of the molecule is Cc1nc(NC(=O)C(C)n2nc3c(cc2=O)CCC3)sc1C. The number of hydrogen-bond donors (Lipinski definition) is 1. The van der Waals surface area contributed by atoms with Gasteiger partial charge in [0.05, 0.1) is 11.4 Å². The number of amides is 1. The van der Waals surface area contributed by atoms with Crippen molar-refractivity contribution in [1.29, 1.82) is 0 Å². The van der Waals surface area contributed by atoms with Crippen molar-refractivity contribution in [2.24, 2.45) is 0 Å². The largest absolute Gasteiger partial charge is 0.300 e. The van der Waals surface area contributed by atoms with Gasteiger partial charge in [0.1, 0.15) is 6.04 Å². The maximum absolute atomic E-state index is 12.3. The van der Waals surface area contributed by atoms with Crippen molar-refractivity contribution in [3.05, 3.63) is 38.2 Å². The molecule has 2 heterocycles. The van der Waals surface area contributed by atoms with Gasteiger partial charge in [0.15, 0.2) is 5.13 Å². The monoisotopic (exact) mass is 318 g/mol. The number of fused-ring (bicyclic) bond motifs is 1. The van der Waals surface area contributed by atoms with Crippen LogP contribution in [0.5, 0.6) is 0 Å². The smallest absolute Gasteiger partial charge is 0.267 e. The molecule has 1 aliphatic carbocycles. The van der Waals surface area contributed by atoms with Crippen molar-refractivity contribution in [1.82, 2.24) is 14.8 Å². The van der Waals surface area contributed by atoms with Gasteiger partial charge in [-0.3, -0.25) is 9.59 Å². The molecule has 1 amide bonds. The van der Waals surface area contributed by atoms with E-state index in [-0.39, 0.29) is 11.5 Å². The van der Waals surface area contributed by atoms with E-state index in [1.807, 2.05) is 13.8 Å². The highest BCUT2D eigenvalue weighted by Gasteiger charge is 2.22. The summed E-state index contributed by atoms with van der Waals surface area (Å²) in [6.45, 7) is 5.54. The lowest BCUT2D eigenvalue weighted by atomic mass is 10.2. The van der Waals surface area contributed by atoms with E-state index < -0.39 is 6.04 Å². The molecule has 0 radical (unpaired) electrons. The summed E-state index contributed by atoms with van der Waals surface area (Å²) in [6, 6.07) is 0.944. The molecular weight excluding hydrogens is 300 g/mol. The Bertz CT molecular complexity index is 774. The van der Waals surface area contributed by atoms with Crippen molar-refractivity contribution < 1.29 is 4.79 Å². The Morgan fingerprint density at radius 1 is 1.41 bits per heavy atom. The van der Waals surface area contributed by atoms with E-state index in [4.69, 9.17) is 0 Å². The van der Waals surface area contributed by atoms with Crippen LogP contribution in [-0.2, 0) is 17.6 Å². The molecule has 7 heteroatoms. The molecule has 22 heavy (non-hydrogen) atoms. The molecule has 0 saturated carbocycles. The van der Waals surface area contributed by atoms with Crippen LogP contribution in [0.25, 0.3) is 0 Å². The number of rotatable bonds is 3. The van der Waals surface area contributed by atoms with Crippen molar-refractivity contribution in [3.8, 4) is 0 Å². The fraction of sp³-hybridized carbons (Fsp3) is 0.467. The average molecular weight is 318 g/mol. The van der Waals surface area contributed by atoms with Crippen LogP contribution in [-0.4, -0.2) is 20.7 Å². The first-order valence-electron chi connectivity index (χ1n) is 7.32. The lowest BCUT2D eigenvalue weighted by molar-refractivity contribution is -0.119. The minimum atomic E-state index is -0.664. The highest BCUT2D eigenvalue weighted by Crippen LogP contribution is 2.22. The summed E-state index contributed by atoms with van der Waals surface area (Å²) in [7, 11) is 0. The first-order chi connectivity index (χ1) is 10.5. The number of carbonyl (C=O) groups is 1. The van der Waals surface area contributed by atoms with Crippen LogP contribution in [0.1, 0.15) is 41.2 Å². The minimum Gasteiger partial charge on any atom is -0.300 e. The third kappa shape index (κ3) is 2.68. The summed E-state index contributed by atoms with van der Waals surface area (Å²) < 4.78 is 1.27. The zero-order valence-corrected chi connectivity index (χ0v) is 13.7. The Labute approximate surface area is 132 Å². The number of aryl methyl sites for hydroxylation is 4. The van der Waals surface area contributed by atoms with Gasteiger partial charge in [-0.25, -0.2) is 9.67 Å². The second kappa shape index (κ2) is 5.64. The minimum absolute atomic E-state index is 0.227. The van der Waals surface area contributed by atoms with E-state index >= 15 is 0 Å². The number of nitrogens with one attached hydrogen (secondary N) is 1. The third-order valence-electron chi connectivity index (χ3n) is 3.99. The zero-order chi connectivity index (χ0) is 15.9. The predicted octanol–water partition coefficient (Wildman–Crippen LogP) is 2.01. The van der Waals surface area contributed by atoms with E-state index in [0.717, 1.165) is 41.1 Å². The molecule has 0 aliphatic heterocycles. The standard InChI is InChI=1S/C15H18N4O2S/c1-8-10(3)22-15(16-8)17-14(21)9(2)19-13(20)7-11-5-4-6-12(11)18-19/h7,9H,4-6H2,1-3H3,(H,16,17,21). The summed E-state index contributed by atoms with van der Waals surface area (Å²) in [5.41, 5.74) is 2.62. The molecule has 2 aromatic heterocycles. The quantitative estimate of drug-likeness (QED) is 0.939. The summed E-state index contributed by atoms with van der Waals surface area (Å²) in [6.07, 6.45) is 2.79. The Morgan fingerprint density at radius 2 is 2.18 bits per heavy atom.